The number of aromatic nitrogens is 1. The Kier molecular flexibility index (Phi) is 4.30. The number of carboxylic acids is 1. The summed E-state index contributed by atoms with van der Waals surface area (Å²) in [4.78, 5) is 14.4. The molecule has 1 rings (SSSR count). The van der Waals surface area contributed by atoms with Crippen LogP contribution in [-0.2, 0) is 0 Å². The zero-order valence-corrected chi connectivity index (χ0v) is 8.79. The van der Waals surface area contributed by atoms with Crippen molar-refractivity contribution in [2.75, 3.05) is 11.9 Å². The van der Waals surface area contributed by atoms with Crippen LogP contribution in [0, 0.1) is 0 Å². The first-order chi connectivity index (χ1) is 7.90. The van der Waals surface area contributed by atoms with Gasteiger partial charge in [-0.15, -0.1) is 0 Å². The van der Waals surface area contributed by atoms with Crippen LogP contribution in [0.3, 0.4) is 0 Å². The van der Waals surface area contributed by atoms with Gasteiger partial charge in [0.05, 0.1) is 5.69 Å². The molecule has 0 aliphatic carbocycles. The average molecular weight is 248 g/mol. The summed E-state index contributed by atoms with van der Waals surface area (Å²) in [6.07, 6.45) is -3.89. The maximum Gasteiger partial charge on any atom is 0.389 e. The fourth-order valence-electron chi connectivity index (χ4n) is 1.23. The standard InChI is InChI=1S/C10H11F3N2O2/c11-10(12,13)4-2-6-14-7-3-1-5-15-8(7)9(16)17/h1,3,5,14H,2,4,6H2,(H,16,17). The molecule has 0 radical (unpaired) electrons. The van der Waals surface area contributed by atoms with Gasteiger partial charge in [0.25, 0.3) is 0 Å². The van der Waals surface area contributed by atoms with Crippen LogP contribution in [0.25, 0.3) is 0 Å². The summed E-state index contributed by atoms with van der Waals surface area (Å²) in [5.74, 6) is -1.22. The highest BCUT2D eigenvalue weighted by atomic mass is 19.4. The predicted molar refractivity (Wildman–Crippen MR) is 55.0 cm³/mol. The maximum atomic E-state index is 11.9. The summed E-state index contributed by atoms with van der Waals surface area (Å²) in [6, 6.07) is 2.97. The Labute approximate surface area is 95.5 Å². The van der Waals surface area contributed by atoms with Gasteiger partial charge < -0.3 is 10.4 Å². The molecule has 1 aromatic heterocycles. The third-order valence-electron chi connectivity index (χ3n) is 1.96. The van der Waals surface area contributed by atoms with Crippen LogP contribution < -0.4 is 5.32 Å². The average Bonchev–Trinajstić information content (AvgIpc) is 2.23. The number of anilines is 1. The molecule has 0 aliphatic rings. The van der Waals surface area contributed by atoms with Crippen molar-refractivity contribution in [3.05, 3.63) is 24.0 Å². The predicted octanol–water partition coefficient (Wildman–Crippen LogP) is 2.53. The molecule has 4 nitrogen and oxygen atoms in total. The summed E-state index contributed by atoms with van der Waals surface area (Å²) in [5.41, 5.74) is 0.0293. The molecule has 1 aromatic rings. The Hall–Kier alpha value is -1.79. The molecule has 0 fully saturated rings. The Morgan fingerprint density at radius 1 is 1.47 bits per heavy atom. The molecule has 0 aliphatic heterocycles. The normalized spacial score (nSPS) is 11.2. The third-order valence-corrected chi connectivity index (χ3v) is 1.96. The minimum Gasteiger partial charge on any atom is -0.476 e. The van der Waals surface area contributed by atoms with Crippen molar-refractivity contribution in [3.8, 4) is 0 Å². The van der Waals surface area contributed by atoms with Gasteiger partial charge in [0, 0.05) is 19.2 Å². The minimum absolute atomic E-state index is 0.0471. The van der Waals surface area contributed by atoms with Gasteiger partial charge in [0.2, 0.25) is 0 Å². The molecule has 0 spiro atoms. The quantitative estimate of drug-likeness (QED) is 0.786. The number of nitrogens with one attached hydrogen (secondary N) is 1. The fraction of sp³-hybridized carbons (Fsp3) is 0.400. The molecule has 17 heavy (non-hydrogen) atoms. The Bertz CT molecular complexity index is 393. The second-order valence-electron chi connectivity index (χ2n) is 3.35. The SMILES string of the molecule is O=C(O)c1ncccc1NCCCC(F)(F)F. The number of carbonyl (C=O) groups is 1. The van der Waals surface area contributed by atoms with Crippen LogP contribution in [0.2, 0.25) is 0 Å². The Morgan fingerprint density at radius 3 is 2.76 bits per heavy atom. The molecule has 0 saturated carbocycles. The summed E-state index contributed by atoms with van der Waals surface area (Å²) < 4.78 is 35.6. The topological polar surface area (TPSA) is 62.2 Å². The number of nitrogens with zero attached hydrogens (tertiary/aromatic N) is 1. The zero-order valence-electron chi connectivity index (χ0n) is 8.79. The first kappa shape index (κ1) is 13.3. The Balaban J connectivity index is 2.49. The van der Waals surface area contributed by atoms with Gasteiger partial charge in [-0.25, -0.2) is 9.78 Å². The second kappa shape index (κ2) is 5.51. The van der Waals surface area contributed by atoms with Gasteiger partial charge in [0.1, 0.15) is 0 Å². The first-order valence-electron chi connectivity index (χ1n) is 4.89. The molecular formula is C10H11F3N2O2. The van der Waals surface area contributed by atoms with E-state index in [1.165, 1.54) is 18.3 Å². The lowest BCUT2D eigenvalue weighted by molar-refractivity contribution is -0.134. The van der Waals surface area contributed by atoms with Crippen molar-refractivity contribution < 1.29 is 23.1 Å². The molecule has 0 aromatic carbocycles. The van der Waals surface area contributed by atoms with Gasteiger partial charge in [-0.1, -0.05) is 0 Å². The minimum atomic E-state index is -4.19. The number of rotatable bonds is 5. The Morgan fingerprint density at radius 2 is 2.18 bits per heavy atom. The van der Waals surface area contributed by atoms with E-state index in [1.807, 2.05) is 0 Å². The summed E-state index contributed by atoms with van der Waals surface area (Å²) in [7, 11) is 0. The van der Waals surface area contributed by atoms with Crippen molar-refractivity contribution in [2.24, 2.45) is 0 Å². The van der Waals surface area contributed by atoms with E-state index in [0.717, 1.165) is 0 Å². The van der Waals surface area contributed by atoms with Crippen molar-refractivity contribution in [1.82, 2.24) is 4.98 Å². The molecule has 94 valence electrons. The van der Waals surface area contributed by atoms with E-state index in [4.69, 9.17) is 5.11 Å². The van der Waals surface area contributed by atoms with Crippen LogP contribution in [0.15, 0.2) is 18.3 Å². The lowest BCUT2D eigenvalue weighted by Crippen LogP contribution is -2.13. The molecule has 0 amide bonds. The highest BCUT2D eigenvalue weighted by molar-refractivity contribution is 5.91. The molecule has 0 saturated heterocycles. The van der Waals surface area contributed by atoms with E-state index in [1.54, 1.807) is 0 Å². The number of pyridine rings is 1. The van der Waals surface area contributed by atoms with Gasteiger partial charge in [-0.3, -0.25) is 0 Å². The monoisotopic (exact) mass is 248 g/mol. The number of aromatic carboxylic acids is 1. The van der Waals surface area contributed by atoms with Crippen LogP contribution in [0.4, 0.5) is 18.9 Å². The largest absolute Gasteiger partial charge is 0.476 e. The number of hydrogen-bond donors (Lipinski definition) is 2. The van der Waals surface area contributed by atoms with Gasteiger partial charge in [-0.05, 0) is 18.6 Å². The number of alkyl halides is 3. The van der Waals surface area contributed by atoms with E-state index < -0.39 is 18.6 Å². The van der Waals surface area contributed by atoms with E-state index in [-0.39, 0.29) is 24.3 Å². The van der Waals surface area contributed by atoms with Crippen LogP contribution in [0.1, 0.15) is 23.3 Å². The van der Waals surface area contributed by atoms with Crippen molar-refractivity contribution in [1.29, 1.82) is 0 Å². The highest BCUT2D eigenvalue weighted by Crippen LogP contribution is 2.21. The lowest BCUT2D eigenvalue weighted by Gasteiger charge is -2.09. The van der Waals surface area contributed by atoms with Crippen LogP contribution in [-0.4, -0.2) is 28.8 Å². The van der Waals surface area contributed by atoms with E-state index >= 15 is 0 Å². The molecule has 0 atom stereocenters. The zero-order chi connectivity index (χ0) is 12.9. The van der Waals surface area contributed by atoms with Crippen LogP contribution in [0.5, 0.6) is 0 Å². The molecule has 0 bridgehead atoms. The smallest absolute Gasteiger partial charge is 0.389 e. The van der Waals surface area contributed by atoms with Gasteiger partial charge >= 0.3 is 12.1 Å². The fourth-order valence-corrected chi connectivity index (χ4v) is 1.23. The van der Waals surface area contributed by atoms with Crippen molar-refractivity contribution in [3.63, 3.8) is 0 Å². The van der Waals surface area contributed by atoms with Crippen molar-refractivity contribution in [2.45, 2.75) is 19.0 Å². The second-order valence-corrected chi connectivity index (χ2v) is 3.35. The first-order valence-corrected chi connectivity index (χ1v) is 4.89. The van der Waals surface area contributed by atoms with Crippen LogP contribution >= 0.6 is 0 Å². The van der Waals surface area contributed by atoms with Gasteiger partial charge in [-0.2, -0.15) is 13.2 Å². The molecule has 7 heteroatoms. The summed E-state index contributed by atoms with van der Waals surface area (Å²) >= 11 is 0. The summed E-state index contributed by atoms with van der Waals surface area (Å²) in [6.45, 7) is 0.0471. The van der Waals surface area contributed by atoms with E-state index in [0.29, 0.717) is 0 Å². The highest BCUT2D eigenvalue weighted by Gasteiger charge is 2.25. The third kappa shape index (κ3) is 4.71. The molecule has 1 heterocycles. The summed E-state index contributed by atoms with van der Waals surface area (Å²) in [5, 5.41) is 11.4. The molecule has 2 N–H and O–H groups in total. The number of carboxylic acid groups (broad SMARTS) is 1. The van der Waals surface area contributed by atoms with E-state index in [2.05, 4.69) is 10.3 Å². The molecular weight excluding hydrogens is 237 g/mol. The number of halogens is 3. The van der Waals surface area contributed by atoms with Gasteiger partial charge in [0.15, 0.2) is 5.69 Å². The number of hydrogen-bond acceptors (Lipinski definition) is 3. The molecule has 0 unspecified atom stereocenters. The van der Waals surface area contributed by atoms with Crippen molar-refractivity contribution >= 4 is 11.7 Å². The van der Waals surface area contributed by atoms with E-state index in [9.17, 15) is 18.0 Å². The lowest BCUT2D eigenvalue weighted by atomic mass is 10.2. The maximum absolute atomic E-state index is 11.9.